The van der Waals surface area contributed by atoms with Crippen molar-refractivity contribution >= 4 is 15.9 Å². The fourth-order valence-corrected chi connectivity index (χ4v) is 2.45. The Morgan fingerprint density at radius 1 is 1.29 bits per heavy atom. The van der Waals surface area contributed by atoms with E-state index in [1.165, 1.54) is 5.56 Å². The molecule has 1 rings (SSSR count). The molecule has 0 aromatic heterocycles. The molecule has 1 aromatic rings. The summed E-state index contributed by atoms with van der Waals surface area (Å²) in [6.45, 7) is 2.13. The smallest absolute Gasteiger partial charge is 0.161 e. The Bertz CT molecular complexity index is 421. The van der Waals surface area contributed by atoms with E-state index in [1.54, 1.807) is 14.2 Å². The third-order valence-corrected chi connectivity index (χ3v) is 3.49. The van der Waals surface area contributed by atoms with Gasteiger partial charge in [0.2, 0.25) is 0 Å². The zero-order valence-electron chi connectivity index (χ0n) is 10.4. The largest absolute Gasteiger partial charge is 0.493 e. The van der Waals surface area contributed by atoms with E-state index >= 15 is 0 Å². The summed E-state index contributed by atoms with van der Waals surface area (Å²) >= 11 is 3.56. The average molecular weight is 297 g/mol. The lowest BCUT2D eigenvalue weighted by Gasteiger charge is -2.17. The van der Waals surface area contributed by atoms with Crippen LogP contribution >= 0.6 is 15.9 Å². The van der Waals surface area contributed by atoms with E-state index in [9.17, 15) is 0 Å². The van der Waals surface area contributed by atoms with Gasteiger partial charge in [-0.2, -0.15) is 0 Å². The van der Waals surface area contributed by atoms with E-state index in [0.717, 1.165) is 28.8 Å². The van der Waals surface area contributed by atoms with Crippen LogP contribution in [0.2, 0.25) is 0 Å². The molecule has 1 aromatic carbocycles. The molecular formula is C14H17BrO2. The Morgan fingerprint density at radius 3 is 2.35 bits per heavy atom. The summed E-state index contributed by atoms with van der Waals surface area (Å²) in [5, 5.41) is 0. The molecule has 0 aliphatic carbocycles. The predicted octanol–water partition coefficient (Wildman–Crippen LogP) is 3.98. The van der Waals surface area contributed by atoms with Gasteiger partial charge in [0.1, 0.15) is 0 Å². The molecule has 0 saturated heterocycles. The molecule has 0 heterocycles. The summed E-state index contributed by atoms with van der Waals surface area (Å²) in [4.78, 5) is 0. The maximum absolute atomic E-state index is 5.40. The van der Waals surface area contributed by atoms with Crippen LogP contribution < -0.4 is 9.47 Å². The molecule has 3 heteroatoms. The number of ether oxygens (including phenoxy) is 2. The molecule has 0 spiro atoms. The fraction of sp³-hybridized carbons (Fsp3) is 0.429. The van der Waals surface area contributed by atoms with Crippen molar-refractivity contribution < 1.29 is 9.47 Å². The quantitative estimate of drug-likeness (QED) is 0.765. The van der Waals surface area contributed by atoms with Crippen LogP contribution in [0.25, 0.3) is 0 Å². The molecule has 0 saturated carbocycles. The van der Waals surface area contributed by atoms with E-state index in [4.69, 9.17) is 15.9 Å². The minimum atomic E-state index is 0.342. The monoisotopic (exact) mass is 296 g/mol. The summed E-state index contributed by atoms with van der Waals surface area (Å²) in [5.41, 5.74) is 1.17. The second-order valence-electron chi connectivity index (χ2n) is 3.74. The van der Waals surface area contributed by atoms with Crippen molar-refractivity contribution in [2.75, 3.05) is 14.2 Å². The maximum Gasteiger partial charge on any atom is 0.161 e. The highest BCUT2D eigenvalue weighted by Gasteiger charge is 2.16. The number of rotatable bonds is 5. The second kappa shape index (κ2) is 6.56. The number of benzene rings is 1. The fourth-order valence-electron chi connectivity index (χ4n) is 1.80. The van der Waals surface area contributed by atoms with Gasteiger partial charge in [-0.25, -0.2) is 0 Å². The zero-order chi connectivity index (χ0) is 12.8. The zero-order valence-corrected chi connectivity index (χ0v) is 12.0. The Morgan fingerprint density at radius 2 is 1.88 bits per heavy atom. The normalized spacial score (nSPS) is 11.7. The van der Waals surface area contributed by atoms with Gasteiger partial charge in [-0.15, -0.1) is 12.3 Å². The molecule has 0 bridgehead atoms. The van der Waals surface area contributed by atoms with Crippen LogP contribution in [0.4, 0.5) is 0 Å². The molecule has 0 aliphatic rings. The summed E-state index contributed by atoms with van der Waals surface area (Å²) < 4.78 is 11.6. The molecule has 17 heavy (non-hydrogen) atoms. The van der Waals surface area contributed by atoms with Gasteiger partial charge in [0.25, 0.3) is 0 Å². The van der Waals surface area contributed by atoms with Crippen LogP contribution in [0.3, 0.4) is 0 Å². The lowest BCUT2D eigenvalue weighted by atomic mass is 9.93. The summed E-state index contributed by atoms with van der Waals surface area (Å²) in [6.07, 6.45) is 7.12. The van der Waals surface area contributed by atoms with E-state index in [2.05, 4.69) is 28.8 Å². The number of terminal acetylenes is 1. The van der Waals surface area contributed by atoms with Crippen LogP contribution in [0.1, 0.15) is 31.2 Å². The van der Waals surface area contributed by atoms with Gasteiger partial charge in [0.05, 0.1) is 14.2 Å². The van der Waals surface area contributed by atoms with Crippen molar-refractivity contribution in [1.82, 2.24) is 0 Å². The van der Waals surface area contributed by atoms with Gasteiger partial charge in [-0.1, -0.05) is 22.9 Å². The number of hydrogen-bond donors (Lipinski definition) is 0. The molecule has 1 unspecified atom stereocenters. The van der Waals surface area contributed by atoms with Crippen molar-refractivity contribution in [2.45, 2.75) is 25.7 Å². The minimum Gasteiger partial charge on any atom is -0.493 e. The Hall–Kier alpha value is -1.14. The number of halogens is 1. The van der Waals surface area contributed by atoms with Gasteiger partial charge in [0, 0.05) is 10.9 Å². The topological polar surface area (TPSA) is 18.5 Å². The van der Waals surface area contributed by atoms with Crippen LogP contribution in [-0.4, -0.2) is 14.2 Å². The molecule has 92 valence electrons. The molecule has 0 radical (unpaired) electrons. The van der Waals surface area contributed by atoms with Gasteiger partial charge in [-0.05, 0) is 30.0 Å². The molecule has 1 atom stereocenters. The molecule has 0 N–H and O–H groups in total. The standard InChI is InChI=1S/C14H17BrO2/c1-5-7-10(6-2)11-8-13(16-3)14(17-4)9-12(11)15/h1,8-10H,6-7H2,2-4H3. The third-order valence-electron chi connectivity index (χ3n) is 2.80. The van der Waals surface area contributed by atoms with Crippen LogP contribution in [0.15, 0.2) is 16.6 Å². The lowest BCUT2D eigenvalue weighted by molar-refractivity contribution is 0.354. The van der Waals surface area contributed by atoms with Crippen LogP contribution in [-0.2, 0) is 0 Å². The van der Waals surface area contributed by atoms with E-state index < -0.39 is 0 Å². The highest BCUT2D eigenvalue weighted by atomic mass is 79.9. The molecule has 2 nitrogen and oxygen atoms in total. The van der Waals surface area contributed by atoms with Crippen LogP contribution in [0.5, 0.6) is 11.5 Å². The Balaban J connectivity index is 3.20. The molecular weight excluding hydrogens is 280 g/mol. The van der Waals surface area contributed by atoms with Crippen molar-refractivity contribution in [3.63, 3.8) is 0 Å². The predicted molar refractivity (Wildman–Crippen MR) is 73.7 cm³/mol. The first-order valence-electron chi connectivity index (χ1n) is 5.52. The van der Waals surface area contributed by atoms with Crippen molar-refractivity contribution in [1.29, 1.82) is 0 Å². The lowest BCUT2D eigenvalue weighted by Crippen LogP contribution is -2.00. The third kappa shape index (κ3) is 3.17. The highest BCUT2D eigenvalue weighted by Crippen LogP contribution is 2.38. The SMILES string of the molecule is C#CCC(CC)c1cc(OC)c(OC)cc1Br. The Kier molecular flexibility index (Phi) is 5.37. The maximum atomic E-state index is 5.40. The average Bonchev–Trinajstić information content (AvgIpc) is 2.36. The summed E-state index contributed by atoms with van der Waals surface area (Å²) in [6, 6.07) is 3.92. The first kappa shape index (κ1) is 13.9. The molecule has 0 fully saturated rings. The first-order valence-corrected chi connectivity index (χ1v) is 6.32. The highest BCUT2D eigenvalue weighted by molar-refractivity contribution is 9.10. The van der Waals surface area contributed by atoms with Crippen molar-refractivity contribution in [2.24, 2.45) is 0 Å². The van der Waals surface area contributed by atoms with Crippen molar-refractivity contribution in [3.05, 3.63) is 22.2 Å². The van der Waals surface area contributed by atoms with Gasteiger partial charge < -0.3 is 9.47 Å². The number of methoxy groups -OCH3 is 2. The first-order chi connectivity index (χ1) is 8.17. The second-order valence-corrected chi connectivity index (χ2v) is 4.60. The van der Waals surface area contributed by atoms with Gasteiger partial charge in [-0.3, -0.25) is 0 Å². The summed E-state index contributed by atoms with van der Waals surface area (Å²) in [7, 11) is 3.26. The van der Waals surface area contributed by atoms with E-state index in [0.29, 0.717) is 5.92 Å². The molecule has 0 aliphatic heterocycles. The van der Waals surface area contributed by atoms with E-state index in [1.807, 2.05) is 12.1 Å². The minimum absolute atomic E-state index is 0.342. The van der Waals surface area contributed by atoms with Gasteiger partial charge in [0.15, 0.2) is 11.5 Å². The van der Waals surface area contributed by atoms with Crippen molar-refractivity contribution in [3.8, 4) is 23.8 Å². The summed E-state index contributed by atoms with van der Waals surface area (Å²) in [5.74, 6) is 4.52. The molecule has 0 amide bonds. The van der Waals surface area contributed by atoms with Gasteiger partial charge >= 0.3 is 0 Å². The Labute approximate surface area is 111 Å². The van der Waals surface area contributed by atoms with E-state index in [-0.39, 0.29) is 0 Å². The number of hydrogen-bond acceptors (Lipinski definition) is 2. The van der Waals surface area contributed by atoms with Crippen LogP contribution in [0, 0.1) is 12.3 Å².